The van der Waals surface area contributed by atoms with Crippen molar-refractivity contribution < 1.29 is 19.5 Å². The quantitative estimate of drug-likeness (QED) is 0.363. The van der Waals surface area contributed by atoms with Crippen molar-refractivity contribution in [1.82, 2.24) is 0 Å². The van der Waals surface area contributed by atoms with E-state index in [0.717, 1.165) is 12.8 Å². The minimum atomic E-state index is -0.0278. The number of halogens is 2. The summed E-state index contributed by atoms with van der Waals surface area (Å²) in [6, 6.07) is 0. The molecule has 0 saturated carbocycles. The molecule has 0 amide bonds. The maximum Gasteiger partial charge on any atom is 0.0521 e. The maximum atomic E-state index is 5.91. The molecule has 0 bridgehead atoms. The van der Waals surface area contributed by atoms with Crippen LogP contribution in [0.1, 0.15) is 12.8 Å². The average Bonchev–Trinajstić information content (AvgIpc) is 1.92. The largest absolute Gasteiger partial charge is 0.275 e. The Hall–Kier alpha value is 0.683. The molecule has 1 rings (SSSR count). The molecule has 1 aliphatic carbocycles. The van der Waals surface area contributed by atoms with Gasteiger partial charge in [-0.2, -0.15) is 0 Å². The van der Waals surface area contributed by atoms with Gasteiger partial charge in [-0.25, -0.2) is 12.2 Å². The van der Waals surface area contributed by atoms with E-state index < -0.39 is 0 Å². The third kappa shape index (κ3) is 4.30. The standard InChI is InChI=1S/C8H9Cl2.Rh/c9-7-5-3-1-2-4-6-8(7)10;/h1,3,5,7-8H,4,6H2;/q-1;. The van der Waals surface area contributed by atoms with Crippen molar-refractivity contribution in [3.8, 4) is 0 Å². The summed E-state index contributed by atoms with van der Waals surface area (Å²) < 4.78 is 0. The van der Waals surface area contributed by atoms with Crippen LogP contribution in [0.3, 0.4) is 0 Å². The van der Waals surface area contributed by atoms with E-state index in [4.69, 9.17) is 23.2 Å². The van der Waals surface area contributed by atoms with Gasteiger partial charge in [0.25, 0.3) is 0 Å². The van der Waals surface area contributed by atoms with Crippen LogP contribution in [0, 0.1) is 6.08 Å². The average molecular weight is 279 g/mol. The second-order valence-electron chi connectivity index (χ2n) is 2.25. The van der Waals surface area contributed by atoms with Crippen molar-refractivity contribution in [2.75, 3.05) is 0 Å². The van der Waals surface area contributed by atoms with Crippen LogP contribution in [0.5, 0.6) is 0 Å². The van der Waals surface area contributed by atoms with E-state index in [1.807, 2.05) is 18.2 Å². The summed E-state index contributed by atoms with van der Waals surface area (Å²) in [6.45, 7) is 0. The summed E-state index contributed by atoms with van der Waals surface area (Å²) in [5.74, 6) is 0. The summed E-state index contributed by atoms with van der Waals surface area (Å²) in [4.78, 5) is 0. The van der Waals surface area contributed by atoms with Crippen LogP contribution in [0.25, 0.3) is 0 Å². The molecule has 3 heteroatoms. The fourth-order valence-corrected chi connectivity index (χ4v) is 1.22. The smallest absolute Gasteiger partial charge is 0.0521 e. The molecule has 2 unspecified atom stereocenters. The van der Waals surface area contributed by atoms with Gasteiger partial charge < -0.3 is 0 Å². The summed E-state index contributed by atoms with van der Waals surface area (Å²) in [6.07, 6.45) is 10.6. The van der Waals surface area contributed by atoms with Crippen molar-refractivity contribution in [2.24, 2.45) is 0 Å². The van der Waals surface area contributed by atoms with E-state index in [-0.39, 0.29) is 30.2 Å². The summed E-state index contributed by atoms with van der Waals surface area (Å²) in [5.41, 5.74) is 0. The summed E-state index contributed by atoms with van der Waals surface area (Å²) in [7, 11) is 0. The van der Waals surface area contributed by atoms with Crippen LogP contribution < -0.4 is 0 Å². The molecule has 2 atom stereocenters. The number of rotatable bonds is 0. The minimum Gasteiger partial charge on any atom is -0.275 e. The number of allylic oxidation sites excluding steroid dienone is 4. The van der Waals surface area contributed by atoms with Crippen molar-refractivity contribution in [3.63, 3.8) is 0 Å². The number of hydrogen-bond acceptors (Lipinski definition) is 0. The summed E-state index contributed by atoms with van der Waals surface area (Å²) in [5, 5.41) is 0.0270. The molecule has 1 aliphatic rings. The molecular formula is C8H9Cl2Rh-. The van der Waals surface area contributed by atoms with Crippen molar-refractivity contribution in [2.45, 2.75) is 23.6 Å². The van der Waals surface area contributed by atoms with Gasteiger partial charge in [0.05, 0.1) is 10.8 Å². The van der Waals surface area contributed by atoms with Crippen LogP contribution in [-0.4, -0.2) is 10.8 Å². The second-order valence-corrected chi connectivity index (χ2v) is 3.32. The maximum absolute atomic E-state index is 5.91. The number of hydrogen-bond donors (Lipinski definition) is 0. The van der Waals surface area contributed by atoms with Gasteiger partial charge >= 0.3 is 0 Å². The number of alkyl halides is 2. The Morgan fingerprint density at radius 2 is 2.09 bits per heavy atom. The molecule has 0 heterocycles. The Morgan fingerprint density at radius 3 is 2.82 bits per heavy atom. The van der Waals surface area contributed by atoms with E-state index >= 15 is 0 Å². The fourth-order valence-electron chi connectivity index (χ4n) is 0.814. The molecule has 0 nitrogen and oxygen atoms in total. The molecule has 0 aromatic rings. The van der Waals surface area contributed by atoms with Crippen LogP contribution in [-0.2, 0) is 19.5 Å². The van der Waals surface area contributed by atoms with Gasteiger partial charge in [0, 0.05) is 19.5 Å². The molecule has 65 valence electrons. The first kappa shape index (κ1) is 11.7. The Kier molecular flexibility index (Phi) is 6.61. The molecule has 0 aliphatic heterocycles. The zero-order valence-corrected chi connectivity index (χ0v) is 9.04. The third-order valence-electron chi connectivity index (χ3n) is 1.42. The summed E-state index contributed by atoms with van der Waals surface area (Å²) >= 11 is 11.8. The second kappa shape index (κ2) is 6.23. The van der Waals surface area contributed by atoms with Crippen LogP contribution in [0.4, 0.5) is 0 Å². The third-order valence-corrected chi connectivity index (χ3v) is 2.49. The van der Waals surface area contributed by atoms with E-state index in [0.29, 0.717) is 0 Å². The van der Waals surface area contributed by atoms with Crippen LogP contribution in [0.15, 0.2) is 18.2 Å². The van der Waals surface area contributed by atoms with E-state index in [1.165, 1.54) is 0 Å². The molecule has 11 heavy (non-hydrogen) atoms. The SMILES string of the molecule is ClC1C=CC=[C-]CCC1Cl.[Rh]. The van der Waals surface area contributed by atoms with Gasteiger partial charge in [-0.05, 0) is 6.42 Å². The topological polar surface area (TPSA) is 0 Å². The Morgan fingerprint density at radius 1 is 1.36 bits per heavy atom. The Bertz CT molecular complexity index is 154. The minimum absolute atomic E-state index is 0. The Balaban J connectivity index is 0.000001000. The van der Waals surface area contributed by atoms with Crippen molar-refractivity contribution >= 4 is 23.2 Å². The molecule has 0 aromatic carbocycles. The first-order valence-corrected chi connectivity index (χ1v) is 4.19. The molecule has 0 fully saturated rings. The molecule has 1 radical (unpaired) electrons. The molecule has 0 spiro atoms. The van der Waals surface area contributed by atoms with Gasteiger partial charge in [-0.1, -0.05) is 0 Å². The zero-order valence-electron chi connectivity index (χ0n) is 5.89. The normalized spacial score (nSPS) is 30.4. The van der Waals surface area contributed by atoms with Gasteiger partial charge in [-0.15, -0.1) is 35.7 Å². The molecule has 0 N–H and O–H groups in total. The van der Waals surface area contributed by atoms with Crippen molar-refractivity contribution in [1.29, 1.82) is 0 Å². The monoisotopic (exact) mass is 278 g/mol. The van der Waals surface area contributed by atoms with Gasteiger partial charge in [0.1, 0.15) is 0 Å². The van der Waals surface area contributed by atoms with Gasteiger partial charge in [0.2, 0.25) is 0 Å². The van der Waals surface area contributed by atoms with Crippen LogP contribution in [0.2, 0.25) is 0 Å². The van der Waals surface area contributed by atoms with Gasteiger partial charge in [0.15, 0.2) is 0 Å². The first-order chi connectivity index (χ1) is 4.80. The van der Waals surface area contributed by atoms with E-state index in [1.54, 1.807) is 0 Å². The predicted octanol–water partition coefficient (Wildman–Crippen LogP) is 2.91. The first-order valence-electron chi connectivity index (χ1n) is 3.32. The predicted molar refractivity (Wildman–Crippen MR) is 45.5 cm³/mol. The molecule has 0 saturated heterocycles. The zero-order chi connectivity index (χ0) is 7.40. The van der Waals surface area contributed by atoms with Gasteiger partial charge in [-0.3, -0.25) is 6.08 Å². The molecular weight excluding hydrogens is 270 g/mol. The molecule has 0 aromatic heterocycles. The van der Waals surface area contributed by atoms with Crippen LogP contribution >= 0.6 is 23.2 Å². The Labute approximate surface area is 90.4 Å². The van der Waals surface area contributed by atoms with E-state index in [2.05, 4.69) is 6.08 Å². The van der Waals surface area contributed by atoms with E-state index in [9.17, 15) is 0 Å². The fraction of sp³-hybridized carbons (Fsp3) is 0.500. The van der Waals surface area contributed by atoms with Crippen molar-refractivity contribution in [3.05, 3.63) is 24.3 Å².